The minimum atomic E-state index is 0.470. The number of rotatable bonds is 38. The van der Waals surface area contributed by atoms with Gasteiger partial charge in [0.15, 0.2) is 0 Å². The summed E-state index contributed by atoms with van der Waals surface area (Å²) in [7, 11) is 0. The molecule has 348 valence electrons. The van der Waals surface area contributed by atoms with Crippen LogP contribution >= 0.6 is 0 Å². The van der Waals surface area contributed by atoms with E-state index in [1.165, 1.54) is 245 Å². The SMILES string of the molecule is CCCCCCCCCC(c1ccc(N)cc1)c1ccc(CCCCCCCCCCCCCCCCCc2ccc(C(CCCCCCCCC)c3ccc(N)cc3)cc2)cc1. The van der Waals surface area contributed by atoms with Gasteiger partial charge in [-0.3, -0.25) is 0 Å². The van der Waals surface area contributed by atoms with Crippen molar-refractivity contribution in [3.05, 3.63) is 130 Å². The molecule has 2 unspecified atom stereocenters. The number of unbranched alkanes of at least 4 members (excludes halogenated alkanes) is 26. The quantitative estimate of drug-likeness (QED) is 0.0349. The summed E-state index contributed by atoms with van der Waals surface area (Å²) in [6, 6.07) is 36.5. The summed E-state index contributed by atoms with van der Waals surface area (Å²) in [5.74, 6) is 0.939. The van der Waals surface area contributed by atoms with Gasteiger partial charge in [-0.25, -0.2) is 0 Å². The van der Waals surface area contributed by atoms with E-state index in [9.17, 15) is 0 Å². The van der Waals surface area contributed by atoms with Crippen molar-refractivity contribution in [2.75, 3.05) is 11.5 Å². The molecule has 4 aromatic carbocycles. The van der Waals surface area contributed by atoms with Gasteiger partial charge in [-0.1, -0.05) is 260 Å². The average Bonchev–Trinajstić information content (AvgIpc) is 3.31. The second-order valence-corrected chi connectivity index (χ2v) is 19.5. The maximum absolute atomic E-state index is 6.04. The van der Waals surface area contributed by atoms with E-state index in [-0.39, 0.29) is 0 Å². The van der Waals surface area contributed by atoms with Crippen LogP contribution in [0.3, 0.4) is 0 Å². The fraction of sp³-hybridized carbons (Fsp3) is 0.607. The van der Waals surface area contributed by atoms with Crippen molar-refractivity contribution >= 4 is 11.4 Å². The molecular formula is C61H94N2. The molecule has 2 heteroatoms. The molecule has 0 spiro atoms. The first kappa shape index (κ1) is 52.1. The number of hydrogen-bond acceptors (Lipinski definition) is 2. The first-order chi connectivity index (χ1) is 31.1. The summed E-state index contributed by atoms with van der Waals surface area (Å²) < 4.78 is 0. The van der Waals surface area contributed by atoms with Crippen LogP contribution in [0.5, 0.6) is 0 Å². The Morgan fingerprint density at radius 3 is 0.762 bits per heavy atom. The van der Waals surface area contributed by atoms with Crippen molar-refractivity contribution in [1.29, 1.82) is 0 Å². The maximum atomic E-state index is 6.04. The zero-order valence-electron chi connectivity index (χ0n) is 40.9. The molecule has 4 aromatic rings. The van der Waals surface area contributed by atoms with Gasteiger partial charge in [0.05, 0.1) is 0 Å². The summed E-state index contributed by atoms with van der Waals surface area (Å²) in [6.45, 7) is 4.60. The highest BCUT2D eigenvalue weighted by Gasteiger charge is 2.16. The number of hydrogen-bond donors (Lipinski definition) is 2. The van der Waals surface area contributed by atoms with Crippen LogP contribution in [-0.2, 0) is 12.8 Å². The van der Waals surface area contributed by atoms with Crippen molar-refractivity contribution in [2.24, 2.45) is 0 Å². The summed E-state index contributed by atoms with van der Waals surface area (Å²) in [5.41, 5.74) is 22.5. The Morgan fingerprint density at radius 1 is 0.270 bits per heavy atom. The predicted molar refractivity (Wildman–Crippen MR) is 280 cm³/mol. The largest absolute Gasteiger partial charge is 0.399 e. The summed E-state index contributed by atoms with van der Waals surface area (Å²) in [6.07, 6.45) is 44.9. The third kappa shape index (κ3) is 22.8. The zero-order valence-corrected chi connectivity index (χ0v) is 40.9. The van der Waals surface area contributed by atoms with Crippen LogP contribution in [0.4, 0.5) is 11.4 Å². The topological polar surface area (TPSA) is 52.0 Å². The standard InChI is InChI=1S/C61H94N2/c1-3-5-7-9-20-26-30-34-60(56-44-48-58(62)49-45-56)54-40-36-52(37-41-54)32-28-24-22-18-16-14-12-11-13-15-17-19-23-25-29-33-53-38-42-55(43-39-53)61(57-46-50-59(63)51-47-57)35-31-27-21-10-8-6-4-2/h36-51,60-61H,3-35,62-63H2,1-2H3. The molecule has 4 rings (SSSR count). The average molecular weight is 855 g/mol. The smallest absolute Gasteiger partial charge is 0.0314 e. The molecule has 0 aliphatic rings. The van der Waals surface area contributed by atoms with Crippen molar-refractivity contribution in [2.45, 2.75) is 238 Å². The fourth-order valence-electron chi connectivity index (χ4n) is 9.91. The van der Waals surface area contributed by atoms with Crippen molar-refractivity contribution in [1.82, 2.24) is 0 Å². The zero-order chi connectivity index (χ0) is 44.4. The molecule has 63 heavy (non-hydrogen) atoms. The molecule has 0 saturated heterocycles. The van der Waals surface area contributed by atoms with Crippen molar-refractivity contribution < 1.29 is 0 Å². The molecule has 2 atom stereocenters. The highest BCUT2D eigenvalue weighted by molar-refractivity contribution is 5.44. The summed E-state index contributed by atoms with van der Waals surface area (Å²) in [4.78, 5) is 0. The lowest BCUT2D eigenvalue weighted by Gasteiger charge is -2.19. The minimum absolute atomic E-state index is 0.470. The van der Waals surface area contributed by atoms with Gasteiger partial charge in [-0.05, 0) is 96.2 Å². The van der Waals surface area contributed by atoms with Gasteiger partial charge in [0.25, 0.3) is 0 Å². The second kappa shape index (κ2) is 33.9. The van der Waals surface area contributed by atoms with Gasteiger partial charge in [0.1, 0.15) is 0 Å². The van der Waals surface area contributed by atoms with Gasteiger partial charge >= 0.3 is 0 Å². The summed E-state index contributed by atoms with van der Waals surface area (Å²) in [5, 5.41) is 0. The Hall–Kier alpha value is -3.52. The predicted octanol–water partition coefficient (Wildman–Crippen LogP) is 19.0. The maximum Gasteiger partial charge on any atom is 0.0314 e. The third-order valence-corrected chi connectivity index (χ3v) is 14.1. The molecule has 0 aromatic heterocycles. The van der Waals surface area contributed by atoms with E-state index >= 15 is 0 Å². The van der Waals surface area contributed by atoms with Gasteiger partial charge in [-0.15, -0.1) is 0 Å². The molecule has 0 aliphatic heterocycles. The number of nitrogens with two attached hydrogens (primary N) is 2. The second-order valence-electron chi connectivity index (χ2n) is 19.5. The van der Waals surface area contributed by atoms with E-state index < -0.39 is 0 Å². The molecule has 4 N–H and O–H groups in total. The molecule has 0 saturated carbocycles. The molecular weight excluding hydrogens is 761 g/mol. The normalized spacial score (nSPS) is 12.5. The van der Waals surface area contributed by atoms with Gasteiger partial charge < -0.3 is 11.5 Å². The molecule has 0 heterocycles. The lowest BCUT2D eigenvalue weighted by atomic mass is 9.86. The molecule has 0 fully saturated rings. The first-order valence-corrected chi connectivity index (χ1v) is 27.0. The van der Waals surface area contributed by atoms with E-state index in [2.05, 4.69) is 111 Å². The van der Waals surface area contributed by atoms with Crippen LogP contribution in [0.15, 0.2) is 97.1 Å². The first-order valence-electron chi connectivity index (χ1n) is 27.0. The van der Waals surface area contributed by atoms with Gasteiger partial charge in [0, 0.05) is 23.2 Å². The van der Waals surface area contributed by atoms with E-state index in [1.54, 1.807) is 0 Å². The number of benzene rings is 4. The number of aryl methyl sites for hydroxylation is 2. The van der Waals surface area contributed by atoms with Crippen LogP contribution in [0, 0.1) is 0 Å². The Kier molecular flexibility index (Phi) is 28.1. The van der Waals surface area contributed by atoms with E-state index in [1.807, 2.05) is 0 Å². The van der Waals surface area contributed by atoms with Crippen molar-refractivity contribution in [3.63, 3.8) is 0 Å². The van der Waals surface area contributed by atoms with Crippen LogP contribution < -0.4 is 11.5 Å². The van der Waals surface area contributed by atoms with Crippen molar-refractivity contribution in [3.8, 4) is 0 Å². The van der Waals surface area contributed by atoms with Crippen LogP contribution in [-0.4, -0.2) is 0 Å². The van der Waals surface area contributed by atoms with E-state index in [0.717, 1.165) is 11.4 Å². The van der Waals surface area contributed by atoms with E-state index in [0.29, 0.717) is 11.8 Å². The number of nitrogen functional groups attached to an aromatic ring is 2. The molecule has 0 bridgehead atoms. The van der Waals surface area contributed by atoms with E-state index in [4.69, 9.17) is 11.5 Å². The van der Waals surface area contributed by atoms with Crippen LogP contribution in [0.25, 0.3) is 0 Å². The Bertz CT molecular complexity index is 1510. The fourth-order valence-corrected chi connectivity index (χ4v) is 9.91. The third-order valence-electron chi connectivity index (χ3n) is 14.1. The van der Waals surface area contributed by atoms with Gasteiger partial charge in [0.2, 0.25) is 0 Å². The van der Waals surface area contributed by atoms with Crippen LogP contribution in [0.1, 0.15) is 258 Å². The Morgan fingerprint density at radius 2 is 0.492 bits per heavy atom. The Labute approximate surface area is 389 Å². The number of anilines is 2. The minimum Gasteiger partial charge on any atom is -0.399 e. The van der Waals surface area contributed by atoms with Gasteiger partial charge in [-0.2, -0.15) is 0 Å². The van der Waals surface area contributed by atoms with Crippen LogP contribution in [0.2, 0.25) is 0 Å². The highest BCUT2D eigenvalue weighted by atomic mass is 14.5. The highest BCUT2D eigenvalue weighted by Crippen LogP contribution is 2.33. The monoisotopic (exact) mass is 855 g/mol. The molecule has 0 radical (unpaired) electrons. The summed E-state index contributed by atoms with van der Waals surface area (Å²) >= 11 is 0. The molecule has 2 nitrogen and oxygen atoms in total. The molecule has 0 aliphatic carbocycles. The Balaban J connectivity index is 0.974. The molecule has 0 amide bonds. The lowest BCUT2D eigenvalue weighted by molar-refractivity contribution is 0.530. The lowest BCUT2D eigenvalue weighted by Crippen LogP contribution is -2.02.